The molecular weight excluding hydrogens is 437 g/mol. The van der Waals surface area contributed by atoms with Crippen LogP contribution in [0.15, 0.2) is 46.9 Å². The Bertz CT molecular complexity index is 819. The van der Waals surface area contributed by atoms with Gasteiger partial charge in [0.2, 0.25) is 0 Å². The van der Waals surface area contributed by atoms with Crippen molar-refractivity contribution >= 4 is 33.2 Å². The van der Waals surface area contributed by atoms with Crippen LogP contribution >= 0.6 is 15.9 Å². The largest absolute Gasteiger partial charge is 0.484 e. The predicted octanol–water partition coefficient (Wildman–Crippen LogP) is 5.48. The van der Waals surface area contributed by atoms with Gasteiger partial charge in [-0.2, -0.15) is 13.2 Å². The second-order valence-corrected chi connectivity index (χ2v) is 7.48. The summed E-state index contributed by atoms with van der Waals surface area (Å²) in [5, 5.41) is 2.59. The highest BCUT2D eigenvalue weighted by Gasteiger charge is 2.31. The molecule has 1 N–H and O–H groups in total. The summed E-state index contributed by atoms with van der Waals surface area (Å²) in [7, 11) is 0. The van der Waals surface area contributed by atoms with Crippen LogP contribution in [0.4, 0.5) is 24.5 Å². The molecule has 1 heterocycles. The number of piperidine rings is 1. The predicted molar refractivity (Wildman–Crippen MR) is 106 cm³/mol. The zero-order valence-corrected chi connectivity index (χ0v) is 16.6. The zero-order valence-electron chi connectivity index (χ0n) is 15.1. The maximum absolute atomic E-state index is 13.1. The van der Waals surface area contributed by atoms with Gasteiger partial charge in [0.25, 0.3) is 5.91 Å². The standard InChI is InChI=1S/C20H20BrF3N2O2/c21-15-5-7-16(8-6-15)28-13-19(27)25-17-12-14(20(22,23)24)4-9-18(17)26-10-2-1-3-11-26/h4-9,12H,1-3,10-11,13H2,(H,25,27). The van der Waals surface area contributed by atoms with Crippen LogP contribution < -0.4 is 15.0 Å². The van der Waals surface area contributed by atoms with Gasteiger partial charge in [0.05, 0.1) is 16.9 Å². The summed E-state index contributed by atoms with van der Waals surface area (Å²) in [6, 6.07) is 10.4. The summed E-state index contributed by atoms with van der Waals surface area (Å²) < 4.78 is 45.7. The van der Waals surface area contributed by atoms with E-state index < -0.39 is 17.6 Å². The summed E-state index contributed by atoms with van der Waals surface area (Å²) >= 11 is 3.31. The van der Waals surface area contributed by atoms with Gasteiger partial charge in [-0.05, 0) is 61.7 Å². The number of carbonyl (C=O) groups is 1. The van der Waals surface area contributed by atoms with Gasteiger partial charge in [0.15, 0.2) is 6.61 Å². The van der Waals surface area contributed by atoms with Gasteiger partial charge in [-0.25, -0.2) is 0 Å². The van der Waals surface area contributed by atoms with E-state index in [-0.39, 0.29) is 12.3 Å². The maximum atomic E-state index is 13.1. The minimum Gasteiger partial charge on any atom is -0.484 e. The average molecular weight is 457 g/mol. The van der Waals surface area contributed by atoms with Crippen LogP contribution in [0, 0.1) is 0 Å². The summed E-state index contributed by atoms with van der Waals surface area (Å²) in [6.45, 7) is 1.21. The SMILES string of the molecule is O=C(COc1ccc(Br)cc1)Nc1cc(C(F)(F)F)ccc1N1CCCCC1. The van der Waals surface area contributed by atoms with Crippen molar-refractivity contribution in [3.05, 3.63) is 52.5 Å². The number of ether oxygens (including phenoxy) is 1. The van der Waals surface area contributed by atoms with Crippen LogP contribution in [0.2, 0.25) is 0 Å². The van der Waals surface area contributed by atoms with E-state index in [1.54, 1.807) is 24.3 Å². The molecular formula is C20H20BrF3N2O2. The maximum Gasteiger partial charge on any atom is 0.416 e. The number of carbonyl (C=O) groups excluding carboxylic acids is 1. The third kappa shape index (κ3) is 5.41. The Morgan fingerprint density at radius 2 is 1.75 bits per heavy atom. The number of nitrogens with zero attached hydrogens (tertiary/aromatic N) is 1. The molecule has 0 aliphatic carbocycles. The number of hydrogen-bond donors (Lipinski definition) is 1. The molecule has 0 saturated carbocycles. The van der Waals surface area contributed by atoms with Crippen LogP contribution in [-0.4, -0.2) is 25.6 Å². The molecule has 0 radical (unpaired) electrons. The van der Waals surface area contributed by atoms with Crippen molar-refractivity contribution in [3.8, 4) is 5.75 Å². The van der Waals surface area contributed by atoms with E-state index in [1.165, 1.54) is 6.07 Å². The molecule has 8 heteroatoms. The van der Waals surface area contributed by atoms with Crippen molar-refractivity contribution in [1.29, 1.82) is 0 Å². The van der Waals surface area contributed by atoms with Crippen LogP contribution in [0.5, 0.6) is 5.75 Å². The van der Waals surface area contributed by atoms with Crippen LogP contribution in [-0.2, 0) is 11.0 Å². The summed E-state index contributed by atoms with van der Waals surface area (Å²) in [4.78, 5) is 14.3. The topological polar surface area (TPSA) is 41.6 Å². The van der Waals surface area contributed by atoms with Crippen LogP contribution in [0.3, 0.4) is 0 Å². The fraction of sp³-hybridized carbons (Fsp3) is 0.350. The normalized spacial score (nSPS) is 14.6. The monoisotopic (exact) mass is 456 g/mol. The lowest BCUT2D eigenvalue weighted by molar-refractivity contribution is -0.137. The van der Waals surface area contributed by atoms with E-state index in [1.807, 2.05) is 4.90 Å². The van der Waals surface area contributed by atoms with E-state index in [9.17, 15) is 18.0 Å². The second kappa shape index (κ2) is 8.86. The summed E-state index contributed by atoms with van der Waals surface area (Å²) in [6.07, 6.45) is -1.43. The molecule has 28 heavy (non-hydrogen) atoms. The van der Waals surface area contributed by atoms with Crippen molar-refractivity contribution < 1.29 is 22.7 Å². The molecule has 150 valence electrons. The first-order chi connectivity index (χ1) is 13.3. The van der Waals surface area contributed by atoms with Gasteiger partial charge in [-0.1, -0.05) is 15.9 Å². The molecule has 0 unspecified atom stereocenters. The number of nitrogens with one attached hydrogen (secondary N) is 1. The molecule has 0 spiro atoms. The minimum atomic E-state index is -4.48. The lowest BCUT2D eigenvalue weighted by atomic mass is 10.1. The molecule has 2 aromatic carbocycles. The van der Waals surface area contributed by atoms with Crippen LogP contribution in [0.1, 0.15) is 24.8 Å². The van der Waals surface area contributed by atoms with E-state index in [0.29, 0.717) is 11.4 Å². The third-order valence-electron chi connectivity index (χ3n) is 4.48. The lowest BCUT2D eigenvalue weighted by Crippen LogP contribution is -2.31. The van der Waals surface area contributed by atoms with Crippen molar-refractivity contribution in [2.75, 3.05) is 29.9 Å². The van der Waals surface area contributed by atoms with Crippen LogP contribution in [0.25, 0.3) is 0 Å². The van der Waals surface area contributed by atoms with Crippen molar-refractivity contribution in [3.63, 3.8) is 0 Å². The Balaban J connectivity index is 1.75. The van der Waals surface area contributed by atoms with Crippen molar-refractivity contribution in [1.82, 2.24) is 0 Å². The van der Waals surface area contributed by atoms with Gasteiger partial charge in [0, 0.05) is 17.6 Å². The van der Waals surface area contributed by atoms with E-state index in [0.717, 1.165) is 49.0 Å². The molecule has 3 rings (SSSR count). The summed E-state index contributed by atoms with van der Waals surface area (Å²) in [5.74, 6) is -0.0147. The fourth-order valence-electron chi connectivity index (χ4n) is 3.09. The quantitative estimate of drug-likeness (QED) is 0.647. The third-order valence-corrected chi connectivity index (χ3v) is 5.01. The first kappa shape index (κ1) is 20.5. The Morgan fingerprint density at radius 3 is 2.39 bits per heavy atom. The van der Waals surface area contributed by atoms with Crippen molar-refractivity contribution in [2.24, 2.45) is 0 Å². The molecule has 4 nitrogen and oxygen atoms in total. The Labute approximate surface area is 169 Å². The number of halogens is 4. The molecule has 1 aliphatic rings. The van der Waals surface area contributed by atoms with Crippen molar-refractivity contribution in [2.45, 2.75) is 25.4 Å². The smallest absolute Gasteiger partial charge is 0.416 e. The molecule has 1 amide bonds. The zero-order chi connectivity index (χ0) is 20.1. The van der Waals surface area contributed by atoms with Gasteiger partial charge in [-0.3, -0.25) is 4.79 Å². The molecule has 1 saturated heterocycles. The Hall–Kier alpha value is -2.22. The summed E-state index contributed by atoms with van der Waals surface area (Å²) in [5.41, 5.74) is -0.0387. The van der Waals surface area contributed by atoms with Gasteiger partial charge in [-0.15, -0.1) is 0 Å². The molecule has 0 atom stereocenters. The van der Waals surface area contributed by atoms with E-state index >= 15 is 0 Å². The number of hydrogen-bond acceptors (Lipinski definition) is 3. The molecule has 0 aromatic heterocycles. The highest BCUT2D eigenvalue weighted by atomic mass is 79.9. The molecule has 1 fully saturated rings. The first-order valence-corrected chi connectivity index (χ1v) is 9.76. The van der Waals surface area contributed by atoms with E-state index in [2.05, 4.69) is 21.2 Å². The fourth-order valence-corrected chi connectivity index (χ4v) is 3.35. The Kier molecular flexibility index (Phi) is 6.49. The number of alkyl halides is 3. The average Bonchev–Trinajstić information content (AvgIpc) is 2.67. The lowest BCUT2D eigenvalue weighted by Gasteiger charge is -2.31. The van der Waals surface area contributed by atoms with Gasteiger partial charge in [0.1, 0.15) is 5.75 Å². The van der Waals surface area contributed by atoms with E-state index in [4.69, 9.17) is 4.74 Å². The molecule has 2 aromatic rings. The highest BCUT2D eigenvalue weighted by Crippen LogP contribution is 2.36. The number of rotatable bonds is 5. The highest BCUT2D eigenvalue weighted by molar-refractivity contribution is 9.10. The molecule has 1 aliphatic heterocycles. The molecule has 0 bridgehead atoms. The second-order valence-electron chi connectivity index (χ2n) is 6.57. The minimum absolute atomic E-state index is 0.154. The Morgan fingerprint density at radius 1 is 1.07 bits per heavy atom. The number of benzene rings is 2. The number of amides is 1. The van der Waals surface area contributed by atoms with Gasteiger partial charge >= 0.3 is 6.18 Å². The number of anilines is 2. The first-order valence-electron chi connectivity index (χ1n) is 8.97. The van der Waals surface area contributed by atoms with Gasteiger partial charge < -0.3 is 15.0 Å².